The molecule has 0 atom stereocenters. The fourth-order valence-electron chi connectivity index (χ4n) is 8.02. The fourth-order valence-corrected chi connectivity index (χ4v) is 9.22. The van der Waals surface area contributed by atoms with Gasteiger partial charge in [0, 0.05) is 36.9 Å². The summed E-state index contributed by atoms with van der Waals surface area (Å²) in [7, 11) is 0. The van der Waals surface area contributed by atoms with Crippen molar-refractivity contribution in [2.45, 2.75) is 12.8 Å². The van der Waals surface area contributed by atoms with Gasteiger partial charge in [-0.25, -0.2) is 15.0 Å². The lowest BCUT2D eigenvalue weighted by atomic mass is 9.96. The number of benzene rings is 7. The van der Waals surface area contributed by atoms with Crippen molar-refractivity contribution < 1.29 is 0 Å². The summed E-state index contributed by atoms with van der Waals surface area (Å²) in [6.07, 6.45) is 9.01. The molecule has 0 aliphatic heterocycles. The summed E-state index contributed by atoms with van der Waals surface area (Å²) in [5.74, 6) is 2.01. The first-order chi connectivity index (χ1) is 25.2. The molecule has 0 saturated carbocycles. The average Bonchev–Trinajstić information content (AvgIpc) is 3.74. The molecule has 0 radical (unpaired) electrons. The van der Waals surface area contributed by atoms with Crippen molar-refractivity contribution in [3.63, 3.8) is 0 Å². The summed E-state index contributed by atoms with van der Waals surface area (Å²) in [5.41, 5.74) is 10.8. The highest BCUT2D eigenvalue weighted by Gasteiger charge is 2.24. The van der Waals surface area contributed by atoms with Crippen molar-refractivity contribution in [3.8, 4) is 56.4 Å². The summed E-state index contributed by atoms with van der Waals surface area (Å²) in [4.78, 5) is 15.3. The molecule has 0 unspecified atom stereocenters. The summed E-state index contributed by atoms with van der Waals surface area (Å²) in [6.45, 7) is 0. The lowest BCUT2D eigenvalue weighted by molar-refractivity contribution is 1.04. The van der Waals surface area contributed by atoms with Crippen molar-refractivity contribution in [3.05, 3.63) is 157 Å². The molecule has 0 amide bonds. The second-order valence-electron chi connectivity index (χ2n) is 13.5. The summed E-state index contributed by atoms with van der Waals surface area (Å²) >= 11 is 1.85. The van der Waals surface area contributed by atoms with Crippen molar-refractivity contribution >= 4 is 58.6 Å². The molecule has 0 N–H and O–H groups in total. The van der Waals surface area contributed by atoms with Crippen molar-refractivity contribution in [1.82, 2.24) is 15.0 Å². The molecule has 0 saturated heterocycles. The maximum atomic E-state index is 5.15. The van der Waals surface area contributed by atoms with Crippen LogP contribution in [0.5, 0.6) is 0 Å². The molecule has 2 aliphatic carbocycles. The Morgan fingerprint density at radius 1 is 0.431 bits per heavy atom. The van der Waals surface area contributed by atoms with E-state index < -0.39 is 0 Å². The molecular weight excluding hydrogens is 639 g/mol. The molecule has 4 heteroatoms. The number of allylic oxidation sites excluding steroid dienone is 4. The minimum Gasteiger partial charge on any atom is -0.208 e. The van der Waals surface area contributed by atoms with Gasteiger partial charge in [-0.3, -0.25) is 0 Å². The molecule has 51 heavy (non-hydrogen) atoms. The van der Waals surface area contributed by atoms with Gasteiger partial charge in [-0.15, -0.1) is 11.3 Å². The van der Waals surface area contributed by atoms with E-state index in [4.69, 9.17) is 15.0 Å². The number of nitrogens with zero attached hydrogens (tertiary/aromatic N) is 3. The summed E-state index contributed by atoms with van der Waals surface area (Å²) < 4.78 is 2.53. The highest BCUT2D eigenvalue weighted by atomic mass is 32.1. The molecule has 9 aromatic rings. The van der Waals surface area contributed by atoms with Gasteiger partial charge < -0.3 is 0 Å². The van der Waals surface area contributed by atoms with E-state index >= 15 is 0 Å². The Morgan fingerprint density at radius 2 is 1.12 bits per heavy atom. The zero-order valence-electron chi connectivity index (χ0n) is 27.6. The highest BCUT2D eigenvalue weighted by molar-refractivity contribution is 7.26. The van der Waals surface area contributed by atoms with Crippen LogP contribution >= 0.6 is 11.3 Å². The number of fused-ring (bicyclic) bond motifs is 8. The standard InChI is InChI=1S/C47H29N3S/c1-3-10-28(11-4-1)31-20-18-29-19-21-32(25-34(29)24-31)46-48-45(30-12-5-2-6-13-30)49-47(50-46)33-22-23-38-41(26-33)51-42-27-40-36-15-8-7-14-35(36)37-16-9-17-39(43(37)40)44(38)42/h2-3,5-27H,1,4H2. The maximum absolute atomic E-state index is 5.15. The molecule has 0 spiro atoms. The first-order valence-electron chi connectivity index (χ1n) is 17.5. The van der Waals surface area contributed by atoms with E-state index in [2.05, 4.69) is 133 Å². The van der Waals surface area contributed by atoms with Crippen molar-refractivity contribution in [2.75, 3.05) is 0 Å². The van der Waals surface area contributed by atoms with E-state index in [1.165, 1.54) is 75.1 Å². The van der Waals surface area contributed by atoms with Gasteiger partial charge in [0.05, 0.1) is 0 Å². The molecule has 3 nitrogen and oxygen atoms in total. The largest absolute Gasteiger partial charge is 0.208 e. The molecule has 238 valence electrons. The van der Waals surface area contributed by atoms with Gasteiger partial charge in [-0.05, 0) is 92.0 Å². The van der Waals surface area contributed by atoms with Crippen LogP contribution in [0.1, 0.15) is 18.4 Å². The van der Waals surface area contributed by atoms with Crippen LogP contribution in [-0.4, -0.2) is 15.0 Å². The van der Waals surface area contributed by atoms with E-state index in [9.17, 15) is 0 Å². The van der Waals surface area contributed by atoms with E-state index in [1.54, 1.807) is 0 Å². The zero-order valence-corrected chi connectivity index (χ0v) is 28.4. The highest BCUT2D eigenvalue weighted by Crippen LogP contribution is 2.51. The van der Waals surface area contributed by atoms with E-state index in [0.717, 1.165) is 29.5 Å². The quantitative estimate of drug-likeness (QED) is 0.187. The second-order valence-corrected chi connectivity index (χ2v) is 14.6. The monoisotopic (exact) mass is 667 g/mol. The molecule has 2 aromatic heterocycles. The number of aromatic nitrogens is 3. The third-order valence-corrected chi connectivity index (χ3v) is 11.6. The zero-order chi connectivity index (χ0) is 33.5. The fraction of sp³-hybridized carbons (Fsp3) is 0.0426. The lowest BCUT2D eigenvalue weighted by Gasteiger charge is -2.11. The molecular formula is C47H29N3S. The van der Waals surface area contributed by atoms with Gasteiger partial charge in [0.2, 0.25) is 0 Å². The normalized spacial score (nSPS) is 13.4. The number of hydrogen-bond acceptors (Lipinski definition) is 4. The van der Waals surface area contributed by atoms with E-state index in [-0.39, 0.29) is 0 Å². The number of thiophene rings is 1. The van der Waals surface area contributed by atoms with Gasteiger partial charge >= 0.3 is 0 Å². The third kappa shape index (κ3) is 4.53. The lowest BCUT2D eigenvalue weighted by Crippen LogP contribution is -2.00. The second kappa shape index (κ2) is 11.1. The topological polar surface area (TPSA) is 38.7 Å². The Morgan fingerprint density at radius 3 is 1.92 bits per heavy atom. The van der Waals surface area contributed by atoms with Gasteiger partial charge in [-0.2, -0.15) is 0 Å². The molecule has 2 heterocycles. The predicted molar refractivity (Wildman–Crippen MR) is 215 cm³/mol. The summed E-state index contributed by atoms with van der Waals surface area (Å²) in [6, 6.07) is 48.1. The Bertz CT molecular complexity index is 2970. The summed E-state index contributed by atoms with van der Waals surface area (Å²) in [5, 5.41) is 7.64. The van der Waals surface area contributed by atoms with E-state index in [1.807, 2.05) is 29.5 Å². The molecule has 0 bridgehead atoms. The van der Waals surface area contributed by atoms with Crippen LogP contribution in [-0.2, 0) is 0 Å². The predicted octanol–water partition coefficient (Wildman–Crippen LogP) is 12.9. The first kappa shape index (κ1) is 28.6. The third-order valence-electron chi connectivity index (χ3n) is 10.5. The van der Waals surface area contributed by atoms with E-state index in [0.29, 0.717) is 17.5 Å². The van der Waals surface area contributed by atoms with Crippen LogP contribution in [0.3, 0.4) is 0 Å². The Hall–Kier alpha value is -6.23. The molecule has 11 rings (SSSR count). The Labute approximate surface area is 298 Å². The van der Waals surface area contributed by atoms with Crippen LogP contribution in [0.15, 0.2) is 152 Å². The smallest absolute Gasteiger partial charge is 0.164 e. The average molecular weight is 668 g/mol. The maximum Gasteiger partial charge on any atom is 0.164 e. The van der Waals surface area contributed by atoms with Crippen molar-refractivity contribution in [2.24, 2.45) is 0 Å². The minimum absolute atomic E-state index is 0.669. The van der Waals surface area contributed by atoms with Gasteiger partial charge in [0.25, 0.3) is 0 Å². The van der Waals surface area contributed by atoms with Crippen LogP contribution in [0, 0.1) is 0 Å². The Kier molecular flexibility index (Phi) is 6.25. The van der Waals surface area contributed by atoms with Crippen LogP contribution < -0.4 is 0 Å². The molecule has 2 aliphatic rings. The molecule has 7 aromatic carbocycles. The molecule has 0 fully saturated rings. The minimum atomic E-state index is 0.669. The number of hydrogen-bond donors (Lipinski definition) is 0. The first-order valence-corrected chi connectivity index (χ1v) is 18.3. The van der Waals surface area contributed by atoms with Crippen LogP contribution in [0.4, 0.5) is 0 Å². The van der Waals surface area contributed by atoms with Gasteiger partial charge in [0.1, 0.15) is 0 Å². The van der Waals surface area contributed by atoms with Gasteiger partial charge in [-0.1, -0.05) is 127 Å². The Balaban J connectivity index is 1.07. The number of rotatable bonds is 4. The van der Waals surface area contributed by atoms with Crippen LogP contribution in [0.2, 0.25) is 0 Å². The SMILES string of the molecule is C1=CC(c2ccc3ccc(-c4nc(-c5ccccc5)nc(-c5ccc6c(c5)sc5cc7c8c(cccc8c56)-c5ccccc5-7)n4)cc3c2)=CCC1. The van der Waals surface area contributed by atoms with Crippen molar-refractivity contribution in [1.29, 1.82) is 0 Å². The van der Waals surface area contributed by atoms with Crippen LogP contribution in [0.25, 0.3) is 104 Å². The van der Waals surface area contributed by atoms with Gasteiger partial charge in [0.15, 0.2) is 17.5 Å².